The molecule has 0 aliphatic heterocycles. The van der Waals surface area contributed by atoms with Gasteiger partial charge in [0.2, 0.25) is 0 Å². The lowest BCUT2D eigenvalue weighted by Crippen LogP contribution is -2.40. The summed E-state index contributed by atoms with van der Waals surface area (Å²) in [4.78, 5) is 0.0326. The van der Waals surface area contributed by atoms with Crippen molar-refractivity contribution in [3.63, 3.8) is 0 Å². The molecule has 0 spiro atoms. The fourth-order valence-corrected chi connectivity index (χ4v) is 4.32. The fraction of sp³-hybridized carbons (Fsp3) is 0.333. The summed E-state index contributed by atoms with van der Waals surface area (Å²) in [5.41, 5.74) is 1.84. The van der Waals surface area contributed by atoms with Gasteiger partial charge in [-0.1, -0.05) is 35.4 Å². The van der Waals surface area contributed by atoms with E-state index < -0.39 is 32.7 Å². The normalized spacial score (nSPS) is 14.7. The van der Waals surface area contributed by atoms with Crippen molar-refractivity contribution in [1.82, 2.24) is 5.32 Å². The summed E-state index contributed by atoms with van der Waals surface area (Å²) < 4.78 is 59.1. The molecule has 0 radical (unpaired) electrons. The second kappa shape index (κ2) is 8.49. The zero-order valence-corrected chi connectivity index (χ0v) is 17.2. The minimum Gasteiger partial charge on any atom is -0.265 e. The lowest BCUT2D eigenvalue weighted by molar-refractivity contribution is 0.101. The monoisotopic (exact) mass is 413 g/mol. The van der Waals surface area contributed by atoms with Crippen LogP contribution >= 0.6 is 0 Å². The molecule has 0 fully saturated rings. The summed E-state index contributed by atoms with van der Waals surface area (Å²) in [6.07, 6.45) is -2.00. The Labute approximate surface area is 160 Å². The highest BCUT2D eigenvalue weighted by molar-refractivity contribution is 7.87. The summed E-state index contributed by atoms with van der Waals surface area (Å²) in [6.45, 7) is 6.58. The first-order chi connectivity index (χ1) is 12.5. The molecule has 0 saturated carbocycles. The highest BCUT2D eigenvalue weighted by Gasteiger charge is 2.23. The van der Waals surface area contributed by atoms with Gasteiger partial charge in [0.1, 0.15) is 12.5 Å². The highest BCUT2D eigenvalue weighted by Crippen LogP contribution is 2.17. The number of hydrogen-bond acceptors (Lipinski definition) is 7. The predicted molar refractivity (Wildman–Crippen MR) is 101 cm³/mol. The molecule has 0 amide bonds. The Morgan fingerprint density at radius 2 is 0.963 bits per heavy atom. The Morgan fingerprint density at radius 3 is 1.26 bits per heavy atom. The van der Waals surface area contributed by atoms with Crippen LogP contribution in [-0.2, 0) is 28.6 Å². The molecule has 0 saturated heterocycles. The third-order valence-corrected chi connectivity index (χ3v) is 6.41. The maximum absolute atomic E-state index is 12.3. The number of benzene rings is 2. The van der Waals surface area contributed by atoms with Gasteiger partial charge >= 0.3 is 0 Å². The molecule has 9 heteroatoms. The molecular formula is C18H23NO6S2. The molecule has 0 aliphatic rings. The standard InChI is InChI=1S/C18H23NO6S2/c1-13-5-9-17(10-6-13)26(20,21)24-15(3)19-16(4)25-27(22,23)18-11-7-14(2)8-12-18/h5-12,15-16,19H,1-4H3. The van der Waals surface area contributed by atoms with Crippen molar-refractivity contribution in [3.05, 3.63) is 59.7 Å². The first-order valence-electron chi connectivity index (χ1n) is 8.25. The first kappa shape index (κ1) is 21.5. The average Bonchev–Trinajstić information content (AvgIpc) is 2.54. The second-order valence-corrected chi connectivity index (χ2v) is 9.32. The Morgan fingerprint density at radius 1 is 0.667 bits per heavy atom. The van der Waals surface area contributed by atoms with E-state index in [1.54, 1.807) is 24.3 Å². The average molecular weight is 414 g/mol. The van der Waals surface area contributed by atoms with Crippen LogP contribution < -0.4 is 5.32 Å². The molecule has 0 heterocycles. The fourth-order valence-electron chi connectivity index (χ4n) is 2.29. The van der Waals surface area contributed by atoms with Crippen LogP contribution in [0.1, 0.15) is 25.0 Å². The van der Waals surface area contributed by atoms with Gasteiger partial charge < -0.3 is 0 Å². The van der Waals surface area contributed by atoms with Gasteiger partial charge in [-0.05, 0) is 52.0 Å². The molecule has 27 heavy (non-hydrogen) atoms. The lowest BCUT2D eigenvalue weighted by atomic mass is 10.2. The summed E-state index contributed by atoms with van der Waals surface area (Å²) in [6, 6.07) is 12.4. The topological polar surface area (TPSA) is 98.8 Å². The van der Waals surface area contributed by atoms with Crippen molar-refractivity contribution < 1.29 is 25.2 Å². The van der Waals surface area contributed by atoms with Gasteiger partial charge in [0.05, 0.1) is 9.79 Å². The Hall–Kier alpha value is -1.78. The van der Waals surface area contributed by atoms with Crippen molar-refractivity contribution >= 4 is 20.2 Å². The number of hydrogen-bond donors (Lipinski definition) is 1. The van der Waals surface area contributed by atoms with E-state index in [1.807, 2.05) is 13.8 Å². The van der Waals surface area contributed by atoms with E-state index in [2.05, 4.69) is 5.32 Å². The van der Waals surface area contributed by atoms with Crippen LogP contribution in [0.5, 0.6) is 0 Å². The largest absolute Gasteiger partial charge is 0.298 e. The van der Waals surface area contributed by atoms with E-state index in [0.29, 0.717) is 0 Å². The molecule has 0 bridgehead atoms. The van der Waals surface area contributed by atoms with Crippen molar-refractivity contribution in [2.75, 3.05) is 0 Å². The number of aryl methyl sites for hydroxylation is 2. The molecule has 2 rings (SSSR count). The van der Waals surface area contributed by atoms with Crippen molar-refractivity contribution in [3.8, 4) is 0 Å². The molecule has 2 unspecified atom stereocenters. The summed E-state index contributed by atoms with van der Waals surface area (Å²) in [7, 11) is -7.98. The zero-order chi connectivity index (χ0) is 20.2. The quantitative estimate of drug-likeness (QED) is 0.525. The lowest BCUT2D eigenvalue weighted by Gasteiger charge is -2.20. The van der Waals surface area contributed by atoms with E-state index in [9.17, 15) is 16.8 Å². The van der Waals surface area contributed by atoms with Crippen LogP contribution in [0.15, 0.2) is 58.3 Å². The van der Waals surface area contributed by atoms with Gasteiger partial charge in [0.25, 0.3) is 20.2 Å². The minimum atomic E-state index is -3.99. The third-order valence-electron chi connectivity index (χ3n) is 3.63. The molecule has 1 N–H and O–H groups in total. The van der Waals surface area contributed by atoms with Crippen LogP contribution in [0.25, 0.3) is 0 Å². The highest BCUT2D eigenvalue weighted by atomic mass is 32.2. The van der Waals surface area contributed by atoms with Crippen LogP contribution in [0, 0.1) is 13.8 Å². The van der Waals surface area contributed by atoms with Crippen molar-refractivity contribution in [1.29, 1.82) is 0 Å². The summed E-state index contributed by atoms with van der Waals surface area (Å²) >= 11 is 0. The van der Waals surface area contributed by atoms with E-state index in [-0.39, 0.29) is 9.79 Å². The smallest absolute Gasteiger partial charge is 0.265 e. The third kappa shape index (κ3) is 6.12. The van der Waals surface area contributed by atoms with Crippen LogP contribution in [0.2, 0.25) is 0 Å². The molecule has 2 aromatic rings. The molecule has 2 aromatic carbocycles. The molecule has 2 atom stereocenters. The van der Waals surface area contributed by atoms with E-state index in [1.165, 1.54) is 38.1 Å². The molecular weight excluding hydrogens is 390 g/mol. The van der Waals surface area contributed by atoms with Gasteiger partial charge in [-0.25, -0.2) is 8.37 Å². The van der Waals surface area contributed by atoms with Crippen LogP contribution in [0.4, 0.5) is 0 Å². The zero-order valence-electron chi connectivity index (χ0n) is 15.5. The summed E-state index contributed by atoms with van der Waals surface area (Å²) in [5, 5.41) is 2.65. The molecule has 7 nitrogen and oxygen atoms in total. The Kier molecular flexibility index (Phi) is 6.77. The van der Waals surface area contributed by atoms with Crippen molar-refractivity contribution in [2.24, 2.45) is 0 Å². The van der Waals surface area contributed by atoms with Crippen molar-refractivity contribution in [2.45, 2.75) is 49.9 Å². The molecule has 0 aliphatic carbocycles. The Balaban J connectivity index is 1.99. The van der Waals surface area contributed by atoms with Crippen LogP contribution in [-0.4, -0.2) is 29.3 Å². The summed E-state index contributed by atoms with van der Waals surface area (Å²) in [5.74, 6) is 0. The van der Waals surface area contributed by atoms with Crippen LogP contribution in [0.3, 0.4) is 0 Å². The van der Waals surface area contributed by atoms with E-state index >= 15 is 0 Å². The van der Waals surface area contributed by atoms with Gasteiger partial charge in [-0.2, -0.15) is 16.8 Å². The molecule has 0 aromatic heterocycles. The SMILES string of the molecule is Cc1ccc(S(=O)(=O)OC(C)NC(C)OS(=O)(=O)c2ccc(C)cc2)cc1. The van der Waals surface area contributed by atoms with Gasteiger partial charge in [0.15, 0.2) is 0 Å². The molecule has 148 valence electrons. The van der Waals surface area contributed by atoms with Gasteiger partial charge in [0, 0.05) is 0 Å². The minimum absolute atomic E-state index is 0.0163. The van der Waals surface area contributed by atoms with Gasteiger partial charge in [-0.3, -0.25) is 5.32 Å². The second-order valence-electron chi connectivity index (χ2n) is 6.18. The predicted octanol–water partition coefficient (Wildman–Crippen LogP) is 2.70. The maximum atomic E-state index is 12.3. The first-order valence-corrected chi connectivity index (χ1v) is 11.1. The maximum Gasteiger partial charge on any atom is 0.298 e. The van der Waals surface area contributed by atoms with E-state index in [0.717, 1.165) is 11.1 Å². The van der Waals surface area contributed by atoms with E-state index in [4.69, 9.17) is 8.37 Å². The number of rotatable bonds is 8. The Bertz CT molecular complexity index is 886. The van der Waals surface area contributed by atoms with Gasteiger partial charge in [-0.15, -0.1) is 0 Å². The number of nitrogens with one attached hydrogen (secondary N) is 1.